The van der Waals surface area contributed by atoms with Crippen LogP contribution in [0.4, 0.5) is 27.6 Å². The van der Waals surface area contributed by atoms with E-state index in [-0.39, 0.29) is 45.8 Å². The zero-order valence-corrected chi connectivity index (χ0v) is 20.9. The van der Waals surface area contributed by atoms with Crippen molar-refractivity contribution < 1.29 is 36.3 Å². The van der Waals surface area contributed by atoms with Crippen LogP contribution in [-0.2, 0) is 12.8 Å². The summed E-state index contributed by atoms with van der Waals surface area (Å²) in [5, 5.41) is 5.26. The highest BCUT2D eigenvalue weighted by atomic mass is 35.5. The van der Waals surface area contributed by atoms with E-state index >= 15 is 0 Å². The average molecular weight is 574 g/mol. The van der Waals surface area contributed by atoms with Crippen LogP contribution in [0.1, 0.15) is 49.0 Å². The number of anilines is 1. The minimum atomic E-state index is -4.89. The Hall–Kier alpha value is -4.51. The Kier molecular flexibility index (Phi) is 7.16. The zero-order chi connectivity index (χ0) is 28.6. The number of fused-ring (bicyclic) bond motifs is 1. The number of nitrogens with one attached hydrogen (secondary N) is 2. The van der Waals surface area contributed by atoms with Gasteiger partial charge in [-0.15, -0.1) is 0 Å². The van der Waals surface area contributed by atoms with Crippen molar-refractivity contribution in [3.63, 3.8) is 0 Å². The molecule has 1 aliphatic heterocycles. The van der Waals surface area contributed by atoms with Crippen molar-refractivity contribution in [1.29, 1.82) is 0 Å². The first kappa shape index (κ1) is 27.1. The number of amides is 2. The number of benzene rings is 3. The lowest BCUT2D eigenvalue weighted by Crippen LogP contribution is -2.21. The summed E-state index contributed by atoms with van der Waals surface area (Å²) >= 11 is 6.29. The largest absolute Gasteiger partial charge is 0.489 e. The first-order valence-corrected chi connectivity index (χ1v) is 12.0. The smallest absolute Gasteiger partial charge is 0.416 e. The molecule has 12 heteroatoms. The van der Waals surface area contributed by atoms with Crippen molar-refractivity contribution in [2.45, 2.75) is 18.8 Å². The van der Waals surface area contributed by atoms with E-state index in [0.717, 1.165) is 12.1 Å². The van der Waals surface area contributed by atoms with E-state index < -0.39 is 46.8 Å². The molecule has 0 aliphatic carbocycles. The Morgan fingerprint density at radius 2 is 1.85 bits per heavy atom. The summed E-state index contributed by atoms with van der Waals surface area (Å²) in [6, 6.07) is 10.2. The second-order valence-electron chi connectivity index (χ2n) is 8.83. The van der Waals surface area contributed by atoms with Crippen molar-refractivity contribution in [1.82, 2.24) is 10.3 Å². The molecule has 0 radical (unpaired) electrons. The number of halogens is 6. The minimum absolute atomic E-state index is 0.0369. The summed E-state index contributed by atoms with van der Waals surface area (Å²) in [6.45, 7) is 0.0413. The van der Waals surface area contributed by atoms with E-state index in [0.29, 0.717) is 17.7 Å². The van der Waals surface area contributed by atoms with Gasteiger partial charge in [-0.2, -0.15) is 13.2 Å². The molecule has 2 N–H and O–H groups in total. The van der Waals surface area contributed by atoms with Crippen LogP contribution in [0.5, 0.6) is 5.75 Å². The van der Waals surface area contributed by atoms with Gasteiger partial charge in [0.2, 0.25) is 0 Å². The maximum atomic E-state index is 14.1. The fourth-order valence-electron chi connectivity index (χ4n) is 4.29. The third-order valence-electron chi connectivity index (χ3n) is 6.10. The number of carbonyl (C=O) groups is 2. The number of aromatic nitrogens is 1. The van der Waals surface area contributed by atoms with E-state index in [1.807, 2.05) is 0 Å². The molecule has 2 heterocycles. The van der Waals surface area contributed by atoms with Crippen molar-refractivity contribution in [3.05, 3.63) is 123 Å². The van der Waals surface area contributed by atoms with Crippen LogP contribution in [0.25, 0.3) is 0 Å². The van der Waals surface area contributed by atoms with Crippen LogP contribution in [0.15, 0.2) is 73.1 Å². The van der Waals surface area contributed by atoms with Crippen molar-refractivity contribution in [2.75, 3.05) is 5.32 Å². The number of alkyl halides is 3. The Bertz CT molecular complexity index is 1630. The molecule has 40 heavy (non-hydrogen) atoms. The second kappa shape index (κ2) is 10.6. The van der Waals surface area contributed by atoms with Gasteiger partial charge in [-0.25, -0.2) is 8.78 Å². The second-order valence-corrected chi connectivity index (χ2v) is 9.24. The quantitative estimate of drug-likeness (QED) is 0.252. The summed E-state index contributed by atoms with van der Waals surface area (Å²) in [4.78, 5) is 30.1. The molecule has 1 unspecified atom stereocenters. The van der Waals surface area contributed by atoms with E-state index in [2.05, 4.69) is 15.6 Å². The summed E-state index contributed by atoms with van der Waals surface area (Å²) < 4.78 is 73.6. The predicted molar refractivity (Wildman–Crippen MR) is 135 cm³/mol. The fraction of sp³-hybridized carbons (Fsp3) is 0.107. The van der Waals surface area contributed by atoms with Gasteiger partial charge in [0.25, 0.3) is 11.8 Å². The third kappa shape index (κ3) is 5.59. The van der Waals surface area contributed by atoms with Crippen LogP contribution >= 0.6 is 11.6 Å². The number of carbonyl (C=O) groups excluding carboxylic acids is 2. The number of pyridine rings is 1. The fourth-order valence-corrected chi connectivity index (χ4v) is 4.52. The lowest BCUT2D eigenvalue weighted by atomic mass is 9.95. The summed E-state index contributed by atoms with van der Waals surface area (Å²) in [5.41, 5.74) is -0.893. The molecule has 5 rings (SSSR count). The molecule has 3 aromatic carbocycles. The van der Waals surface area contributed by atoms with E-state index in [9.17, 15) is 31.5 Å². The molecule has 0 saturated carbocycles. The van der Waals surface area contributed by atoms with E-state index in [4.69, 9.17) is 16.3 Å². The van der Waals surface area contributed by atoms with Gasteiger partial charge in [-0.1, -0.05) is 17.7 Å². The van der Waals surface area contributed by atoms with E-state index in [1.54, 1.807) is 24.5 Å². The van der Waals surface area contributed by atoms with Gasteiger partial charge in [0, 0.05) is 45.7 Å². The molecule has 1 atom stereocenters. The van der Waals surface area contributed by atoms with Crippen molar-refractivity contribution in [3.8, 4) is 5.75 Å². The highest BCUT2D eigenvalue weighted by Gasteiger charge is 2.36. The highest BCUT2D eigenvalue weighted by molar-refractivity contribution is 6.31. The molecule has 4 aromatic rings. The first-order valence-electron chi connectivity index (χ1n) is 11.6. The molecular weight excluding hydrogens is 557 g/mol. The third-order valence-corrected chi connectivity index (χ3v) is 6.44. The minimum Gasteiger partial charge on any atom is -0.489 e. The normalized spacial score (nSPS) is 14.4. The highest BCUT2D eigenvalue weighted by Crippen LogP contribution is 2.42. The summed E-state index contributed by atoms with van der Waals surface area (Å²) in [7, 11) is 0. The Balaban J connectivity index is 1.58. The summed E-state index contributed by atoms with van der Waals surface area (Å²) in [6.07, 6.45) is -1.76. The SMILES string of the molecule is O=C(Nc1cc(OCc2cccnc2)cc2c1C(c1cc(F)ccc1Cl)NC2=O)c1cc(F)cc(C(F)(F)F)c1. The van der Waals surface area contributed by atoms with Gasteiger partial charge < -0.3 is 15.4 Å². The van der Waals surface area contributed by atoms with Crippen LogP contribution in [0.3, 0.4) is 0 Å². The number of hydrogen-bond donors (Lipinski definition) is 2. The molecule has 0 bridgehead atoms. The van der Waals surface area contributed by atoms with Crippen molar-refractivity contribution in [2.24, 2.45) is 0 Å². The number of nitrogens with zero attached hydrogens (tertiary/aromatic N) is 1. The molecule has 1 aliphatic rings. The molecule has 0 saturated heterocycles. The number of rotatable bonds is 6. The van der Waals surface area contributed by atoms with Gasteiger partial charge in [0.05, 0.1) is 22.9 Å². The Morgan fingerprint density at radius 1 is 1.05 bits per heavy atom. The van der Waals surface area contributed by atoms with E-state index in [1.165, 1.54) is 18.2 Å². The van der Waals surface area contributed by atoms with Gasteiger partial charge in [0.1, 0.15) is 24.0 Å². The Labute approximate surface area is 228 Å². The molecule has 0 spiro atoms. The van der Waals surface area contributed by atoms with Crippen LogP contribution in [0, 0.1) is 11.6 Å². The van der Waals surface area contributed by atoms with Crippen LogP contribution in [-0.4, -0.2) is 16.8 Å². The molecular formula is C28H17ClF5N3O3. The molecule has 6 nitrogen and oxygen atoms in total. The topological polar surface area (TPSA) is 80.3 Å². The van der Waals surface area contributed by atoms with Crippen molar-refractivity contribution >= 4 is 29.1 Å². The molecule has 2 amide bonds. The van der Waals surface area contributed by atoms with Gasteiger partial charge in [-0.05, 0) is 48.5 Å². The standard InChI is InChI=1S/C28H17ClF5N3O3/c29-22-4-3-17(30)9-20(22)25-24-21(27(39)37-25)10-19(40-13-14-2-1-5-35-12-14)11-23(24)36-26(38)15-6-16(28(32,33)34)8-18(31)7-15/h1-12,25H,13H2,(H,36,38)(H,37,39). The lowest BCUT2D eigenvalue weighted by molar-refractivity contribution is -0.137. The monoisotopic (exact) mass is 573 g/mol. The van der Waals surface area contributed by atoms with Gasteiger partial charge >= 0.3 is 6.18 Å². The number of hydrogen-bond acceptors (Lipinski definition) is 4. The lowest BCUT2D eigenvalue weighted by Gasteiger charge is -2.19. The molecule has 204 valence electrons. The first-order chi connectivity index (χ1) is 19.0. The summed E-state index contributed by atoms with van der Waals surface area (Å²) in [5.74, 6) is -3.44. The maximum absolute atomic E-state index is 14.1. The van der Waals surface area contributed by atoms with Gasteiger partial charge in [-0.3, -0.25) is 14.6 Å². The average Bonchev–Trinajstić information content (AvgIpc) is 3.25. The van der Waals surface area contributed by atoms with Crippen LogP contribution < -0.4 is 15.4 Å². The molecule has 0 fully saturated rings. The molecule has 1 aromatic heterocycles. The zero-order valence-electron chi connectivity index (χ0n) is 20.2. The van der Waals surface area contributed by atoms with Gasteiger partial charge in [0.15, 0.2) is 0 Å². The number of ether oxygens (including phenoxy) is 1. The predicted octanol–water partition coefficient (Wildman–Crippen LogP) is 6.70. The Morgan fingerprint density at radius 3 is 2.58 bits per heavy atom. The van der Waals surface area contributed by atoms with Crippen LogP contribution in [0.2, 0.25) is 5.02 Å². The maximum Gasteiger partial charge on any atom is 0.416 e.